The number of sulfonamides is 1. The molecule has 0 amide bonds. The van der Waals surface area contributed by atoms with Crippen LogP contribution < -0.4 is 0 Å². The van der Waals surface area contributed by atoms with Crippen molar-refractivity contribution < 1.29 is 8.42 Å². The van der Waals surface area contributed by atoms with Gasteiger partial charge in [0.25, 0.3) is 0 Å². The summed E-state index contributed by atoms with van der Waals surface area (Å²) in [4.78, 5) is 2.34. The zero-order valence-electron chi connectivity index (χ0n) is 12.4. The standard InChI is InChI=1S/C14H21N3O2S/c1-15(2)9-10-17(4)20(18,19)14-11-16(3)13-8-6-5-7-12(13)14/h5-8,11H,9-10H2,1-4H3. The fourth-order valence-corrected chi connectivity index (χ4v) is 3.54. The predicted molar refractivity (Wildman–Crippen MR) is 81.3 cm³/mol. The van der Waals surface area contributed by atoms with Gasteiger partial charge in [-0.25, -0.2) is 8.42 Å². The van der Waals surface area contributed by atoms with Gasteiger partial charge >= 0.3 is 0 Å². The number of hydrogen-bond donors (Lipinski definition) is 0. The molecule has 0 aliphatic carbocycles. The van der Waals surface area contributed by atoms with Gasteiger partial charge in [-0.3, -0.25) is 0 Å². The topological polar surface area (TPSA) is 45.6 Å². The molecule has 0 aliphatic rings. The molecule has 6 heteroatoms. The molecule has 5 nitrogen and oxygen atoms in total. The van der Waals surface area contributed by atoms with Crippen LogP contribution in [0.3, 0.4) is 0 Å². The van der Waals surface area contributed by atoms with Crippen LogP contribution in [0.1, 0.15) is 0 Å². The molecule has 1 heterocycles. The smallest absolute Gasteiger partial charge is 0.244 e. The highest BCUT2D eigenvalue weighted by Gasteiger charge is 2.24. The molecule has 0 saturated heterocycles. The number of likely N-dealkylation sites (N-methyl/N-ethyl adjacent to an activating group) is 2. The molecule has 2 aromatic rings. The number of para-hydroxylation sites is 1. The van der Waals surface area contributed by atoms with Crippen LogP contribution in [0.5, 0.6) is 0 Å². The zero-order valence-corrected chi connectivity index (χ0v) is 13.2. The first-order chi connectivity index (χ1) is 9.34. The number of aromatic nitrogens is 1. The number of rotatable bonds is 5. The minimum atomic E-state index is -3.45. The van der Waals surface area contributed by atoms with Crippen molar-refractivity contribution in [3.05, 3.63) is 30.5 Å². The van der Waals surface area contributed by atoms with Gasteiger partial charge < -0.3 is 9.47 Å². The lowest BCUT2D eigenvalue weighted by atomic mass is 10.2. The van der Waals surface area contributed by atoms with E-state index < -0.39 is 10.0 Å². The van der Waals surface area contributed by atoms with Crippen LogP contribution >= 0.6 is 0 Å². The SMILES string of the molecule is CN(C)CCN(C)S(=O)(=O)c1cn(C)c2ccccc12. The van der Waals surface area contributed by atoms with Gasteiger partial charge in [0.05, 0.1) is 0 Å². The summed E-state index contributed by atoms with van der Waals surface area (Å²) in [5.74, 6) is 0. The summed E-state index contributed by atoms with van der Waals surface area (Å²) in [5, 5.41) is 0.770. The van der Waals surface area contributed by atoms with Crippen LogP contribution in [0.15, 0.2) is 35.4 Å². The van der Waals surface area contributed by atoms with E-state index in [9.17, 15) is 8.42 Å². The number of hydrogen-bond acceptors (Lipinski definition) is 3. The molecule has 0 spiro atoms. The third-order valence-electron chi connectivity index (χ3n) is 3.41. The van der Waals surface area contributed by atoms with Crippen molar-refractivity contribution in [2.75, 3.05) is 34.2 Å². The Labute approximate surface area is 120 Å². The number of benzene rings is 1. The maximum atomic E-state index is 12.7. The van der Waals surface area contributed by atoms with E-state index >= 15 is 0 Å². The molecule has 0 aliphatic heterocycles. The summed E-state index contributed by atoms with van der Waals surface area (Å²) in [7, 11) is 3.89. The Kier molecular flexibility index (Phi) is 4.17. The van der Waals surface area contributed by atoms with Gasteiger partial charge in [0.2, 0.25) is 10.0 Å². The fraction of sp³-hybridized carbons (Fsp3) is 0.429. The van der Waals surface area contributed by atoms with E-state index in [4.69, 9.17) is 0 Å². The molecule has 0 unspecified atom stereocenters. The summed E-state index contributed by atoms with van der Waals surface area (Å²) in [6.07, 6.45) is 1.69. The molecule has 0 radical (unpaired) electrons. The van der Waals surface area contributed by atoms with Crippen LogP contribution in [-0.2, 0) is 17.1 Å². The van der Waals surface area contributed by atoms with Gasteiger partial charge in [-0.05, 0) is 20.2 Å². The van der Waals surface area contributed by atoms with Crippen molar-refractivity contribution in [1.82, 2.24) is 13.8 Å². The summed E-state index contributed by atoms with van der Waals surface area (Å²) in [6, 6.07) is 7.55. The van der Waals surface area contributed by atoms with E-state index in [1.165, 1.54) is 4.31 Å². The number of fused-ring (bicyclic) bond motifs is 1. The second kappa shape index (κ2) is 5.55. The van der Waals surface area contributed by atoms with E-state index in [1.807, 2.05) is 54.9 Å². The van der Waals surface area contributed by atoms with Crippen molar-refractivity contribution in [3.63, 3.8) is 0 Å². The number of aryl methyl sites for hydroxylation is 1. The minimum absolute atomic E-state index is 0.372. The molecule has 0 bridgehead atoms. The molecular formula is C14H21N3O2S. The molecule has 110 valence electrons. The Morgan fingerprint density at radius 1 is 1.10 bits per heavy atom. The predicted octanol–water partition coefficient (Wildman–Crippen LogP) is 1.36. The van der Waals surface area contributed by atoms with Gasteiger partial charge in [0.15, 0.2) is 0 Å². The first-order valence-corrected chi connectivity index (χ1v) is 7.93. The van der Waals surface area contributed by atoms with Crippen LogP contribution in [0, 0.1) is 0 Å². The average Bonchev–Trinajstić information content (AvgIpc) is 2.74. The third kappa shape index (κ3) is 2.72. The normalized spacial score (nSPS) is 12.7. The van der Waals surface area contributed by atoms with Gasteiger partial charge in [0, 0.05) is 44.3 Å². The highest BCUT2D eigenvalue weighted by atomic mass is 32.2. The van der Waals surface area contributed by atoms with Crippen LogP contribution in [0.25, 0.3) is 10.9 Å². The minimum Gasteiger partial charge on any atom is -0.349 e. The van der Waals surface area contributed by atoms with Crippen LogP contribution in [0.2, 0.25) is 0 Å². The Morgan fingerprint density at radius 2 is 1.75 bits per heavy atom. The molecule has 1 aromatic carbocycles. The molecule has 0 fully saturated rings. The van der Waals surface area contributed by atoms with Gasteiger partial charge in [-0.2, -0.15) is 4.31 Å². The molecule has 0 saturated carbocycles. The summed E-state index contributed by atoms with van der Waals surface area (Å²) in [5.41, 5.74) is 0.923. The highest BCUT2D eigenvalue weighted by molar-refractivity contribution is 7.89. The molecule has 20 heavy (non-hydrogen) atoms. The maximum Gasteiger partial charge on any atom is 0.244 e. The molecule has 0 N–H and O–H groups in total. The van der Waals surface area contributed by atoms with Crippen LogP contribution in [-0.4, -0.2) is 56.4 Å². The largest absolute Gasteiger partial charge is 0.349 e. The number of nitrogens with zero attached hydrogens (tertiary/aromatic N) is 3. The quantitative estimate of drug-likeness (QED) is 0.837. The van der Waals surface area contributed by atoms with Crippen molar-refractivity contribution in [1.29, 1.82) is 0 Å². The van der Waals surface area contributed by atoms with Gasteiger partial charge in [-0.15, -0.1) is 0 Å². The molecule has 1 aromatic heterocycles. The summed E-state index contributed by atoms with van der Waals surface area (Å²) in [6.45, 7) is 1.17. The third-order valence-corrected chi connectivity index (χ3v) is 5.30. The van der Waals surface area contributed by atoms with Gasteiger partial charge in [0.1, 0.15) is 4.90 Å². The van der Waals surface area contributed by atoms with E-state index in [0.29, 0.717) is 18.0 Å². The first kappa shape index (κ1) is 15.0. The second-order valence-electron chi connectivity index (χ2n) is 5.25. The lowest BCUT2D eigenvalue weighted by Gasteiger charge is -2.19. The van der Waals surface area contributed by atoms with Crippen molar-refractivity contribution in [3.8, 4) is 0 Å². The van der Waals surface area contributed by atoms with Crippen molar-refractivity contribution >= 4 is 20.9 Å². The molecule has 2 rings (SSSR count). The van der Waals surface area contributed by atoms with E-state index in [-0.39, 0.29) is 0 Å². The van der Waals surface area contributed by atoms with E-state index in [2.05, 4.69) is 0 Å². The van der Waals surface area contributed by atoms with E-state index in [0.717, 1.165) is 10.9 Å². The molecular weight excluding hydrogens is 274 g/mol. The Hall–Kier alpha value is -1.37. The zero-order chi connectivity index (χ0) is 14.9. The highest BCUT2D eigenvalue weighted by Crippen LogP contribution is 2.26. The lowest BCUT2D eigenvalue weighted by Crippen LogP contribution is -2.33. The Bertz CT molecular complexity index is 704. The fourth-order valence-electron chi connectivity index (χ4n) is 2.14. The average molecular weight is 295 g/mol. The monoisotopic (exact) mass is 295 g/mol. The summed E-state index contributed by atoms with van der Waals surface area (Å²) >= 11 is 0. The Morgan fingerprint density at radius 3 is 2.40 bits per heavy atom. The summed E-state index contributed by atoms with van der Waals surface area (Å²) < 4.78 is 28.6. The maximum absolute atomic E-state index is 12.7. The molecule has 0 atom stereocenters. The van der Waals surface area contributed by atoms with Crippen molar-refractivity contribution in [2.45, 2.75) is 4.90 Å². The van der Waals surface area contributed by atoms with Crippen LogP contribution in [0.4, 0.5) is 0 Å². The second-order valence-corrected chi connectivity index (χ2v) is 7.26. The lowest BCUT2D eigenvalue weighted by molar-refractivity contribution is 0.358. The van der Waals surface area contributed by atoms with Crippen molar-refractivity contribution in [2.24, 2.45) is 7.05 Å². The first-order valence-electron chi connectivity index (χ1n) is 6.49. The van der Waals surface area contributed by atoms with Gasteiger partial charge in [-0.1, -0.05) is 18.2 Å². The Balaban J connectivity index is 2.42. The van der Waals surface area contributed by atoms with E-state index in [1.54, 1.807) is 13.2 Å².